The van der Waals surface area contributed by atoms with Crippen LogP contribution in [0.15, 0.2) is 23.3 Å². The molecule has 0 amide bonds. The highest BCUT2D eigenvalue weighted by Crippen LogP contribution is 2.57. The zero-order valence-electron chi connectivity index (χ0n) is 8.47. The first-order valence-electron chi connectivity index (χ1n) is 5.68. The molecule has 0 aliphatic heterocycles. The van der Waals surface area contributed by atoms with Crippen LogP contribution in [-0.2, 0) is 0 Å². The van der Waals surface area contributed by atoms with Crippen molar-refractivity contribution in [1.82, 2.24) is 0 Å². The summed E-state index contributed by atoms with van der Waals surface area (Å²) in [5, 5.41) is 0. The van der Waals surface area contributed by atoms with Crippen LogP contribution in [0.4, 0.5) is 0 Å². The normalized spacial score (nSPS) is 42.8. The minimum Gasteiger partial charge on any atom is -0.0956 e. The SMILES string of the molecule is C=C1CCC2CC2C2=C1CCC2C. The van der Waals surface area contributed by atoms with Crippen LogP contribution in [0.25, 0.3) is 0 Å². The van der Waals surface area contributed by atoms with Crippen molar-refractivity contribution in [2.24, 2.45) is 17.8 Å². The molecule has 0 heterocycles. The van der Waals surface area contributed by atoms with E-state index in [4.69, 9.17) is 0 Å². The lowest BCUT2D eigenvalue weighted by molar-refractivity contribution is 0.603. The van der Waals surface area contributed by atoms with Crippen LogP contribution < -0.4 is 0 Å². The summed E-state index contributed by atoms with van der Waals surface area (Å²) in [6, 6.07) is 0. The fourth-order valence-corrected chi connectivity index (χ4v) is 3.39. The van der Waals surface area contributed by atoms with E-state index in [1.807, 2.05) is 5.57 Å². The summed E-state index contributed by atoms with van der Waals surface area (Å²) in [4.78, 5) is 0. The summed E-state index contributed by atoms with van der Waals surface area (Å²) >= 11 is 0. The molecule has 3 atom stereocenters. The summed E-state index contributed by atoms with van der Waals surface area (Å²) in [6.07, 6.45) is 6.93. The summed E-state index contributed by atoms with van der Waals surface area (Å²) in [5.41, 5.74) is 5.00. The Hall–Kier alpha value is -0.520. The van der Waals surface area contributed by atoms with Crippen LogP contribution >= 0.6 is 0 Å². The monoisotopic (exact) mass is 174 g/mol. The number of allylic oxidation sites excluding steroid dienone is 3. The fraction of sp³-hybridized carbons (Fsp3) is 0.692. The number of fused-ring (bicyclic) bond motifs is 2. The minimum atomic E-state index is 0.875. The van der Waals surface area contributed by atoms with Gasteiger partial charge in [0.25, 0.3) is 0 Å². The van der Waals surface area contributed by atoms with E-state index < -0.39 is 0 Å². The molecule has 3 aliphatic rings. The molecule has 0 nitrogen and oxygen atoms in total. The van der Waals surface area contributed by atoms with Crippen molar-refractivity contribution in [2.45, 2.75) is 39.0 Å². The van der Waals surface area contributed by atoms with Gasteiger partial charge in [0.1, 0.15) is 0 Å². The predicted octanol–water partition coefficient (Wildman–Crippen LogP) is 3.70. The number of hydrogen-bond donors (Lipinski definition) is 0. The van der Waals surface area contributed by atoms with Gasteiger partial charge < -0.3 is 0 Å². The molecule has 0 saturated heterocycles. The summed E-state index contributed by atoms with van der Waals surface area (Å²) < 4.78 is 0. The zero-order chi connectivity index (χ0) is 9.00. The highest BCUT2D eigenvalue weighted by atomic mass is 14.5. The average molecular weight is 174 g/mol. The van der Waals surface area contributed by atoms with Gasteiger partial charge in [-0.15, -0.1) is 0 Å². The first-order valence-corrected chi connectivity index (χ1v) is 5.68. The molecule has 0 heteroatoms. The third-order valence-electron chi connectivity index (χ3n) is 4.27. The molecular weight excluding hydrogens is 156 g/mol. The van der Waals surface area contributed by atoms with Crippen molar-refractivity contribution in [2.75, 3.05) is 0 Å². The molecule has 0 bridgehead atoms. The molecule has 70 valence electrons. The largest absolute Gasteiger partial charge is 0.0956 e. The second-order valence-corrected chi connectivity index (χ2v) is 5.12. The Morgan fingerprint density at radius 2 is 2.08 bits per heavy atom. The zero-order valence-corrected chi connectivity index (χ0v) is 8.47. The van der Waals surface area contributed by atoms with E-state index >= 15 is 0 Å². The van der Waals surface area contributed by atoms with Crippen LogP contribution in [0.3, 0.4) is 0 Å². The molecule has 0 aromatic carbocycles. The van der Waals surface area contributed by atoms with Crippen molar-refractivity contribution >= 4 is 0 Å². The van der Waals surface area contributed by atoms with Crippen LogP contribution in [0.1, 0.15) is 39.0 Å². The van der Waals surface area contributed by atoms with E-state index in [0.717, 1.165) is 17.8 Å². The fourth-order valence-electron chi connectivity index (χ4n) is 3.39. The maximum Gasteiger partial charge on any atom is -0.0163 e. The van der Waals surface area contributed by atoms with Crippen molar-refractivity contribution in [3.8, 4) is 0 Å². The Morgan fingerprint density at radius 3 is 2.92 bits per heavy atom. The van der Waals surface area contributed by atoms with E-state index in [1.54, 1.807) is 5.57 Å². The third-order valence-corrected chi connectivity index (χ3v) is 4.27. The Balaban J connectivity index is 2.03. The van der Waals surface area contributed by atoms with Crippen molar-refractivity contribution in [1.29, 1.82) is 0 Å². The second-order valence-electron chi connectivity index (χ2n) is 5.12. The van der Waals surface area contributed by atoms with Crippen molar-refractivity contribution in [3.05, 3.63) is 23.3 Å². The highest BCUT2D eigenvalue weighted by Gasteiger charge is 2.45. The molecule has 3 aliphatic carbocycles. The van der Waals surface area contributed by atoms with Crippen molar-refractivity contribution in [3.63, 3.8) is 0 Å². The van der Waals surface area contributed by atoms with Crippen molar-refractivity contribution < 1.29 is 0 Å². The Kier molecular flexibility index (Phi) is 1.51. The minimum absolute atomic E-state index is 0.875. The van der Waals surface area contributed by atoms with Crippen LogP contribution in [-0.4, -0.2) is 0 Å². The van der Waals surface area contributed by atoms with Gasteiger partial charge in [-0.05, 0) is 55.4 Å². The molecule has 0 spiro atoms. The van der Waals surface area contributed by atoms with Gasteiger partial charge in [0, 0.05) is 0 Å². The molecule has 3 unspecified atom stereocenters. The topological polar surface area (TPSA) is 0 Å². The standard InChI is InChI=1S/C13H18/c1-8-3-5-10-7-12(10)13-9(2)4-6-11(8)13/h9-10,12H,1,3-7H2,2H3. The smallest absolute Gasteiger partial charge is 0.0163 e. The Morgan fingerprint density at radius 1 is 1.23 bits per heavy atom. The highest BCUT2D eigenvalue weighted by molar-refractivity contribution is 5.42. The molecule has 3 rings (SSSR count). The van der Waals surface area contributed by atoms with Gasteiger partial charge in [0.05, 0.1) is 0 Å². The number of hydrogen-bond acceptors (Lipinski definition) is 0. The van der Waals surface area contributed by atoms with E-state index in [9.17, 15) is 0 Å². The summed E-state index contributed by atoms with van der Waals surface area (Å²) in [6.45, 7) is 6.66. The lowest BCUT2D eigenvalue weighted by Gasteiger charge is -2.09. The third kappa shape index (κ3) is 1.04. The maximum absolute atomic E-state index is 4.25. The van der Waals surface area contributed by atoms with Gasteiger partial charge >= 0.3 is 0 Å². The first kappa shape index (κ1) is 7.84. The molecular formula is C13H18. The Labute approximate surface area is 80.7 Å². The van der Waals surface area contributed by atoms with E-state index in [1.165, 1.54) is 37.7 Å². The molecule has 1 fully saturated rings. The van der Waals surface area contributed by atoms with Gasteiger partial charge in [-0.25, -0.2) is 0 Å². The van der Waals surface area contributed by atoms with E-state index in [-0.39, 0.29) is 0 Å². The quantitative estimate of drug-likeness (QED) is 0.525. The average Bonchev–Trinajstić information content (AvgIpc) is 2.78. The second kappa shape index (κ2) is 2.50. The van der Waals surface area contributed by atoms with Gasteiger partial charge in [-0.3, -0.25) is 0 Å². The summed E-state index contributed by atoms with van der Waals surface area (Å²) in [7, 11) is 0. The molecule has 0 radical (unpaired) electrons. The van der Waals surface area contributed by atoms with Crippen LogP contribution in [0.5, 0.6) is 0 Å². The molecule has 0 N–H and O–H groups in total. The van der Waals surface area contributed by atoms with Gasteiger partial charge in [-0.1, -0.05) is 24.6 Å². The predicted molar refractivity (Wildman–Crippen MR) is 55.4 cm³/mol. The van der Waals surface area contributed by atoms with Crippen LogP contribution in [0, 0.1) is 17.8 Å². The van der Waals surface area contributed by atoms with E-state index in [0.29, 0.717) is 0 Å². The van der Waals surface area contributed by atoms with Crippen LogP contribution in [0.2, 0.25) is 0 Å². The lowest BCUT2D eigenvalue weighted by Crippen LogP contribution is -1.96. The molecule has 13 heavy (non-hydrogen) atoms. The molecule has 0 aromatic rings. The summed E-state index contributed by atoms with van der Waals surface area (Å²) in [5.74, 6) is 2.91. The van der Waals surface area contributed by atoms with Gasteiger partial charge in [0.15, 0.2) is 0 Å². The first-order chi connectivity index (χ1) is 6.27. The molecule has 1 saturated carbocycles. The Bertz CT molecular complexity index is 295. The van der Waals surface area contributed by atoms with E-state index in [2.05, 4.69) is 13.5 Å². The van der Waals surface area contributed by atoms with Gasteiger partial charge in [0.2, 0.25) is 0 Å². The van der Waals surface area contributed by atoms with Gasteiger partial charge in [-0.2, -0.15) is 0 Å². The molecule has 0 aromatic heterocycles. The lowest BCUT2D eigenvalue weighted by atomic mass is 9.96. The number of rotatable bonds is 0. The maximum atomic E-state index is 4.25.